The number of fused-ring (bicyclic) bond motifs is 1. The monoisotopic (exact) mass is 212 g/mol. The summed E-state index contributed by atoms with van der Waals surface area (Å²) in [4.78, 5) is 17.7. The molecule has 1 aliphatic carbocycles. The van der Waals surface area contributed by atoms with E-state index >= 15 is 0 Å². The van der Waals surface area contributed by atoms with Crippen LogP contribution in [0.15, 0.2) is 52.1 Å². The van der Waals surface area contributed by atoms with Crippen LogP contribution in [-0.2, 0) is 0 Å². The van der Waals surface area contributed by atoms with Gasteiger partial charge >= 0.3 is 0 Å². The molecule has 0 saturated carbocycles. The largest absolute Gasteiger partial charge is 0.464 e. The maximum Gasteiger partial charge on any atom is 0.251 e. The van der Waals surface area contributed by atoms with E-state index in [0.29, 0.717) is 5.69 Å². The Labute approximate surface area is 90.9 Å². The first-order valence-electron chi connectivity index (χ1n) is 4.85. The molecule has 3 rings (SSSR count). The van der Waals surface area contributed by atoms with Gasteiger partial charge in [-0.15, -0.1) is 0 Å². The molecule has 1 N–H and O–H groups in total. The van der Waals surface area contributed by atoms with Crippen molar-refractivity contribution < 1.29 is 4.42 Å². The molecule has 0 fully saturated rings. The number of H-pyrrole nitrogens is 1. The molecule has 0 bridgehead atoms. The molecule has 0 unspecified atom stereocenters. The molecular weight excluding hydrogens is 204 g/mol. The van der Waals surface area contributed by atoms with Crippen LogP contribution >= 0.6 is 0 Å². The van der Waals surface area contributed by atoms with E-state index in [1.165, 1.54) is 12.4 Å². The molecule has 0 spiro atoms. The maximum atomic E-state index is 11.2. The highest BCUT2D eigenvalue weighted by Crippen LogP contribution is 2.27. The topological polar surface area (TPSA) is 58.9 Å². The van der Waals surface area contributed by atoms with Crippen LogP contribution < -0.4 is 5.56 Å². The molecule has 0 aromatic carbocycles. The van der Waals surface area contributed by atoms with Gasteiger partial charge in [-0.3, -0.25) is 4.79 Å². The Kier molecular flexibility index (Phi) is 1.86. The van der Waals surface area contributed by atoms with Crippen molar-refractivity contribution in [2.45, 2.75) is 0 Å². The predicted molar refractivity (Wildman–Crippen MR) is 59.2 cm³/mol. The van der Waals surface area contributed by atoms with Crippen LogP contribution in [0.2, 0.25) is 0 Å². The van der Waals surface area contributed by atoms with Crippen LogP contribution in [0.3, 0.4) is 0 Å². The van der Waals surface area contributed by atoms with Gasteiger partial charge in [-0.25, -0.2) is 4.98 Å². The van der Waals surface area contributed by atoms with Crippen molar-refractivity contribution in [2.24, 2.45) is 0 Å². The second-order valence-corrected chi connectivity index (χ2v) is 3.48. The summed E-state index contributed by atoms with van der Waals surface area (Å²) in [5.74, 6) is 0.827. The minimum Gasteiger partial charge on any atom is -0.464 e. The van der Waals surface area contributed by atoms with Crippen LogP contribution in [0.5, 0.6) is 0 Å². The third-order valence-electron chi connectivity index (χ3n) is 2.41. The van der Waals surface area contributed by atoms with Crippen LogP contribution in [-0.4, -0.2) is 9.97 Å². The molecule has 0 atom stereocenters. The number of aromatic amines is 1. The molecular formula is C12H8N2O2. The molecule has 1 aromatic heterocycles. The third kappa shape index (κ3) is 1.40. The van der Waals surface area contributed by atoms with E-state index in [1.807, 2.05) is 24.3 Å². The van der Waals surface area contributed by atoms with Crippen molar-refractivity contribution in [3.63, 3.8) is 0 Å². The summed E-state index contributed by atoms with van der Waals surface area (Å²) in [5, 5.41) is 0. The van der Waals surface area contributed by atoms with Gasteiger partial charge in [0, 0.05) is 17.2 Å². The molecule has 16 heavy (non-hydrogen) atoms. The highest BCUT2D eigenvalue weighted by Gasteiger charge is 2.07. The van der Waals surface area contributed by atoms with Crippen LogP contribution in [0.25, 0.3) is 22.6 Å². The van der Waals surface area contributed by atoms with Crippen molar-refractivity contribution in [3.05, 3.63) is 53.3 Å². The molecule has 1 aliphatic heterocycles. The van der Waals surface area contributed by atoms with Gasteiger partial charge in [-0.05, 0) is 12.1 Å². The Morgan fingerprint density at radius 3 is 3.00 bits per heavy atom. The van der Waals surface area contributed by atoms with Gasteiger partial charge in [-0.2, -0.15) is 0 Å². The lowest BCUT2D eigenvalue weighted by Gasteiger charge is -2.02. The van der Waals surface area contributed by atoms with Crippen molar-refractivity contribution >= 4 is 0 Å². The zero-order valence-electron chi connectivity index (χ0n) is 8.31. The second-order valence-electron chi connectivity index (χ2n) is 3.48. The van der Waals surface area contributed by atoms with Gasteiger partial charge in [-0.1, -0.05) is 12.1 Å². The SMILES string of the molecule is O=c1cc(-c2coc3cccc-3c2)nc[nH]1. The molecule has 2 heterocycles. The molecule has 0 radical (unpaired) electrons. The lowest BCUT2D eigenvalue weighted by molar-refractivity contribution is 0.569. The fourth-order valence-electron chi connectivity index (χ4n) is 1.63. The number of hydrogen-bond donors (Lipinski definition) is 1. The van der Waals surface area contributed by atoms with Crippen LogP contribution in [0.4, 0.5) is 0 Å². The normalized spacial score (nSPS) is 10.8. The first-order valence-corrected chi connectivity index (χ1v) is 4.85. The fourth-order valence-corrected chi connectivity index (χ4v) is 1.63. The summed E-state index contributed by atoms with van der Waals surface area (Å²) in [5.41, 5.74) is 2.23. The zero-order valence-corrected chi connectivity index (χ0v) is 8.31. The minimum atomic E-state index is -0.174. The van der Waals surface area contributed by atoms with Crippen LogP contribution in [0, 0.1) is 0 Å². The molecule has 0 saturated heterocycles. The molecule has 4 nitrogen and oxygen atoms in total. The third-order valence-corrected chi connectivity index (χ3v) is 2.41. The van der Waals surface area contributed by atoms with E-state index < -0.39 is 0 Å². The van der Waals surface area contributed by atoms with Crippen molar-refractivity contribution in [1.29, 1.82) is 0 Å². The summed E-state index contributed by atoms with van der Waals surface area (Å²) in [7, 11) is 0. The van der Waals surface area contributed by atoms with Gasteiger partial charge in [0.2, 0.25) is 0 Å². The Morgan fingerprint density at radius 1 is 1.19 bits per heavy atom. The highest BCUT2D eigenvalue weighted by atomic mass is 16.3. The average molecular weight is 212 g/mol. The first kappa shape index (κ1) is 8.91. The quantitative estimate of drug-likeness (QED) is 0.672. The molecule has 0 amide bonds. The zero-order chi connectivity index (χ0) is 11.0. The average Bonchev–Trinajstić information content (AvgIpc) is 2.75. The summed E-state index contributed by atoms with van der Waals surface area (Å²) in [6.07, 6.45) is 2.98. The fraction of sp³-hybridized carbons (Fsp3) is 0. The van der Waals surface area contributed by atoms with E-state index in [9.17, 15) is 4.79 Å². The number of nitrogens with zero attached hydrogens (tertiary/aromatic N) is 1. The molecule has 4 heteroatoms. The number of aromatic nitrogens is 2. The number of rotatable bonds is 1. The van der Waals surface area contributed by atoms with Gasteiger partial charge in [0.25, 0.3) is 5.56 Å². The predicted octanol–water partition coefficient (Wildman–Crippen LogP) is 2.13. The van der Waals surface area contributed by atoms with Gasteiger partial charge in [0.05, 0.1) is 12.0 Å². The Hall–Kier alpha value is -2.36. The molecule has 2 aliphatic rings. The van der Waals surface area contributed by atoms with Crippen LogP contribution in [0.1, 0.15) is 0 Å². The van der Waals surface area contributed by atoms with Crippen molar-refractivity contribution in [3.8, 4) is 22.6 Å². The van der Waals surface area contributed by atoms with Crippen molar-refractivity contribution in [1.82, 2.24) is 9.97 Å². The Bertz CT molecular complexity index is 654. The second kappa shape index (κ2) is 3.34. The van der Waals surface area contributed by atoms with E-state index in [1.54, 1.807) is 6.26 Å². The van der Waals surface area contributed by atoms with Crippen molar-refractivity contribution in [2.75, 3.05) is 0 Å². The standard InChI is InChI=1S/C12H8N2O2/c15-12-5-10(13-7-14-12)9-4-8-2-1-3-11(8)16-6-9/h1-7H,(H,13,14,15). The lowest BCUT2D eigenvalue weighted by atomic mass is 10.1. The molecule has 78 valence electrons. The van der Waals surface area contributed by atoms with E-state index in [0.717, 1.165) is 16.9 Å². The highest BCUT2D eigenvalue weighted by molar-refractivity contribution is 5.68. The first-order chi connectivity index (χ1) is 7.83. The lowest BCUT2D eigenvalue weighted by Crippen LogP contribution is -2.04. The van der Waals surface area contributed by atoms with Gasteiger partial charge in [0.1, 0.15) is 12.0 Å². The van der Waals surface area contributed by atoms with E-state index in [4.69, 9.17) is 4.42 Å². The maximum absolute atomic E-state index is 11.2. The van der Waals surface area contributed by atoms with E-state index in [-0.39, 0.29) is 5.56 Å². The smallest absolute Gasteiger partial charge is 0.251 e. The summed E-state index contributed by atoms with van der Waals surface area (Å²) >= 11 is 0. The minimum absolute atomic E-state index is 0.174. The molecule has 1 aromatic rings. The summed E-state index contributed by atoms with van der Waals surface area (Å²) in [6, 6.07) is 9.16. The number of nitrogens with one attached hydrogen (secondary N) is 1. The Morgan fingerprint density at radius 2 is 2.12 bits per heavy atom. The summed E-state index contributed by atoms with van der Waals surface area (Å²) in [6.45, 7) is 0. The summed E-state index contributed by atoms with van der Waals surface area (Å²) < 4.78 is 5.42. The van der Waals surface area contributed by atoms with E-state index in [2.05, 4.69) is 9.97 Å². The van der Waals surface area contributed by atoms with Gasteiger partial charge < -0.3 is 9.40 Å². The van der Waals surface area contributed by atoms with Gasteiger partial charge in [0.15, 0.2) is 0 Å². The Balaban J connectivity index is 2.20. The number of hydrogen-bond acceptors (Lipinski definition) is 3.